The van der Waals surface area contributed by atoms with E-state index in [2.05, 4.69) is 12.2 Å². The molecule has 0 bridgehead atoms. The highest BCUT2D eigenvalue weighted by Crippen LogP contribution is 2.18. The molecule has 0 aliphatic rings. The van der Waals surface area contributed by atoms with Gasteiger partial charge in [-0.1, -0.05) is 30.1 Å². The quantitative estimate of drug-likeness (QED) is 0.852. The summed E-state index contributed by atoms with van der Waals surface area (Å²) in [5.74, 6) is 0. The minimum absolute atomic E-state index is 0. The Morgan fingerprint density at radius 1 is 1.15 bits per heavy atom. The summed E-state index contributed by atoms with van der Waals surface area (Å²) in [6, 6.07) is 5.56. The van der Waals surface area contributed by atoms with Crippen molar-refractivity contribution >= 4 is 35.6 Å². The smallest absolute Gasteiger partial charge is 0.0424 e. The molecule has 1 rings (SSSR count). The van der Waals surface area contributed by atoms with Crippen molar-refractivity contribution in [1.29, 1.82) is 0 Å². The monoisotopic (exact) mass is 239 g/mol. The first-order valence-electron chi connectivity index (χ1n) is 3.88. The Hall–Kier alpha value is 0.0500. The lowest BCUT2D eigenvalue weighted by molar-refractivity contribution is 0.727. The lowest BCUT2D eigenvalue weighted by atomic mass is 10.2. The topological polar surface area (TPSA) is 12.0 Å². The summed E-state index contributed by atoms with van der Waals surface area (Å²) in [6.07, 6.45) is 0. The Morgan fingerprint density at radius 2 is 1.69 bits per heavy atom. The van der Waals surface area contributed by atoms with Crippen LogP contribution in [0.15, 0.2) is 18.2 Å². The molecule has 0 saturated carbocycles. The summed E-state index contributed by atoms with van der Waals surface area (Å²) < 4.78 is 0. The van der Waals surface area contributed by atoms with E-state index in [-0.39, 0.29) is 12.4 Å². The molecule has 1 aromatic carbocycles. The van der Waals surface area contributed by atoms with Crippen LogP contribution in [-0.4, -0.2) is 6.54 Å². The van der Waals surface area contributed by atoms with Gasteiger partial charge in [-0.15, -0.1) is 12.4 Å². The van der Waals surface area contributed by atoms with Crippen molar-refractivity contribution in [3.05, 3.63) is 33.8 Å². The van der Waals surface area contributed by atoms with Crippen LogP contribution in [-0.2, 0) is 6.54 Å². The van der Waals surface area contributed by atoms with Crippen LogP contribution in [0.25, 0.3) is 0 Å². The highest BCUT2D eigenvalue weighted by molar-refractivity contribution is 6.34. The molecular formula is C9H12Cl3N. The van der Waals surface area contributed by atoms with Gasteiger partial charge in [0.2, 0.25) is 0 Å². The zero-order valence-corrected chi connectivity index (χ0v) is 9.64. The van der Waals surface area contributed by atoms with Gasteiger partial charge < -0.3 is 5.32 Å². The number of rotatable bonds is 3. The zero-order chi connectivity index (χ0) is 8.97. The first-order chi connectivity index (χ1) is 5.72. The maximum Gasteiger partial charge on any atom is 0.0424 e. The van der Waals surface area contributed by atoms with Crippen molar-refractivity contribution in [2.45, 2.75) is 13.5 Å². The molecule has 0 radical (unpaired) electrons. The largest absolute Gasteiger partial charge is 0.313 e. The van der Waals surface area contributed by atoms with E-state index >= 15 is 0 Å². The van der Waals surface area contributed by atoms with Crippen molar-refractivity contribution in [2.24, 2.45) is 0 Å². The fourth-order valence-corrected chi connectivity index (χ4v) is 1.55. The van der Waals surface area contributed by atoms with Crippen molar-refractivity contribution in [3.63, 3.8) is 0 Å². The lowest BCUT2D eigenvalue weighted by Crippen LogP contribution is -2.11. The van der Waals surface area contributed by atoms with Crippen LogP contribution >= 0.6 is 35.6 Å². The van der Waals surface area contributed by atoms with Crippen LogP contribution in [0, 0.1) is 0 Å². The Bertz CT molecular complexity index is 243. The summed E-state index contributed by atoms with van der Waals surface area (Å²) in [6.45, 7) is 3.83. The normalized spacial score (nSPS) is 9.46. The average molecular weight is 241 g/mol. The summed E-state index contributed by atoms with van der Waals surface area (Å²) in [7, 11) is 0. The fourth-order valence-electron chi connectivity index (χ4n) is 0.982. The maximum atomic E-state index is 5.82. The summed E-state index contributed by atoms with van der Waals surface area (Å²) >= 11 is 11.6. The summed E-state index contributed by atoms with van der Waals surface area (Å²) in [5, 5.41) is 4.58. The van der Waals surface area contributed by atoms with E-state index in [0.717, 1.165) is 18.7 Å². The predicted octanol–water partition coefficient (Wildman–Crippen LogP) is 3.52. The molecule has 0 aliphatic heterocycles. The van der Waals surface area contributed by atoms with E-state index in [1.807, 2.05) is 12.1 Å². The fraction of sp³-hybridized carbons (Fsp3) is 0.333. The first-order valence-corrected chi connectivity index (χ1v) is 4.63. The number of nitrogens with one attached hydrogen (secondary N) is 1. The predicted molar refractivity (Wildman–Crippen MR) is 61.1 cm³/mol. The lowest BCUT2D eigenvalue weighted by Gasteiger charge is -2.02. The summed E-state index contributed by atoms with van der Waals surface area (Å²) in [5.41, 5.74) is 1.12. The van der Waals surface area contributed by atoms with Crippen LogP contribution in [0.3, 0.4) is 0 Å². The molecule has 1 N–H and O–H groups in total. The van der Waals surface area contributed by atoms with Gasteiger partial charge in [-0.05, 0) is 30.3 Å². The Balaban J connectivity index is 0.00000144. The minimum Gasteiger partial charge on any atom is -0.313 e. The van der Waals surface area contributed by atoms with E-state index in [9.17, 15) is 0 Å². The van der Waals surface area contributed by atoms with Crippen molar-refractivity contribution < 1.29 is 0 Å². The molecule has 1 nitrogen and oxygen atoms in total. The van der Waals surface area contributed by atoms with Crippen LogP contribution in [0.1, 0.15) is 12.5 Å². The second-order valence-corrected chi connectivity index (χ2v) is 3.43. The number of hydrogen-bond donors (Lipinski definition) is 1. The van der Waals surface area contributed by atoms with Gasteiger partial charge in [0.25, 0.3) is 0 Å². The zero-order valence-electron chi connectivity index (χ0n) is 7.31. The van der Waals surface area contributed by atoms with Gasteiger partial charge in [0.05, 0.1) is 0 Å². The molecule has 0 unspecified atom stereocenters. The number of benzene rings is 1. The maximum absolute atomic E-state index is 5.82. The van der Waals surface area contributed by atoms with E-state index in [0.29, 0.717) is 10.0 Å². The Morgan fingerprint density at radius 3 is 2.15 bits per heavy atom. The second kappa shape index (κ2) is 6.50. The third-order valence-corrected chi connectivity index (χ3v) is 1.94. The molecule has 0 spiro atoms. The van der Waals surface area contributed by atoms with Gasteiger partial charge in [0.1, 0.15) is 0 Å². The third-order valence-electron chi connectivity index (χ3n) is 1.50. The molecule has 0 atom stereocenters. The molecule has 13 heavy (non-hydrogen) atoms. The number of hydrogen-bond acceptors (Lipinski definition) is 1. The van der Waals surface area contributed by atoms with Crippen molar-refractivity contribution in [3.8, 4) is 0 Å². The SMILES string of the molecule is CCNCc1cc(Cl)cc(Cl)c1.Cl. The molecule has 74 valence electrons. The molecule has 1 aromatic rings. The van der Waals surface area contributed by atoms with Gasteiger partial charge in [-0.3, -0.25) is 0 Å². The van der Waals surface area contributed by atoms with Crippen LogP contribution in [0.2, 0.25) is 10.0 Å². The van der Waals surface area contributed by atoms with E-state index < -0.39 is 0 Å². The highest BCUT2D eigenvalue weighted by Gasteiger charge is 1.96. The molecule has 0 amide bonds. The summed E-state index contributed by atoms with van der Waals surface area (Å²) in [4.78, 5) is 0. The average Bonchev–Trinajstić information content (AvgIpc) is 1.99. The highest BCUT2D eigenvalue weighted by atomic mass is 35.5. The molecule has 0 aliphatic carbocycles. The van der Waals surface area contributed by atoms with Crippen LogP contribution < -0.4 is 5.32 Å². The van der Waals surface area contributed by atoms with Crippen LogP contribution in [0.5, 0.6) is 0 Å². The minimum atomic E-state index is 0. The van der Waals surface area contributed by atoms with Gasteiger partial charge >= 0.3 is 0 Å². The van der Waals surface area contributed by atoms with Gasteiger partial charge in [0.15, 0.2) is 0 Å². The van der Waals surface area contributed by atoms with Gasteiger partial charge in [-0.2, -0.15) is 0 Å². The molecule has 4 heteroatoms. The van der Waals surface area contributed by atoms with E-state index in [4.69, 9.17) is 23.2 Å². The van der Waals surface area contributed by atoms with E-state index in [1.165, 1.54) is 0 Å². The molecular weight excluding hydrogens is 228 g/mol. The van der Waals surface area contributed by atoms with Gasteiger partial charge in [-0.25, -0.2) is 0 Å². The van der Waals surface area contributed by atoms with Gasteiger partial charge in [0, 0.05) is 16.6 Å². The van der Waals surface area contributed by atoms with E-state index in [1.54, 1.807) is 6.07 Å². The Kier molecular flexibility index (Phi) is 6.52. The third kappa shape index (κ3) is 4.72. The van der Waals surface area contributed by atoms with Crippen molar-refractivity contribution in [1.82, 2.24) is 5.32 Å². The molecule has 0 saturated heterocycles. The molecule has 0 heterocycles. The molecule has 0 aromatic heterocycles. The van der Waals surface area contributed by atoms with Crippen LogP contribution in [0.4, 0.5) is 0 Å². The Labute approximate surface area is 94.8 Å². The van der Waals surface area contributed by atoms with Crippen molar-refractivity contribution in [2.75, 3.05) is 6.54 Å². The number of halogens is 3. The standard InChI is InChI=1S/C9H11Cl2N.ClH/c1-2-12-6-7-3-8(10)5-9(11)4-7;/h3-5,12H,2,6H2,1H3;1H. The molecule has 0 fully saturated rings. The second-order valence-electron chi connectivity index (χ2n) is 2.56. The first kappa shape index (κ1) is 13.1.